The molecule has 0 aliphatic rings. The molecule has 0 fully saturated rings. The first-order chi connectivity index (χ1) is 26.2. The maximum Gasteiger partial charge on any atom is 0.165 e. The van der Waals surface area contributed by atoms with Crippen LogP contribution in [0, 0.1) is 11.3 Å². The topological polar surface area (TPSA) is 80.5 Å². The zero-order chi connectivity index (χ0) is 35.0. The van der Waals surface area contributed by atoms with Crippen LogP contribution < -0.4 is 0 Å². The van der Waals surface area contributed by atoms with Crippen LogP contribution in [0.1, 0.15) is 5.56 Å². The first-order valence-electron chi connectivity index (χ1n) is 17.3. The summed E-state index contributed by atoms with van der Waals surface area (Å²) in [6.45, 7) is 0. The van der Waals surface area contributed by atoms with E-state index in [0.717, 1.165) is 70.8 Å². The van der Waals surface area contributed by atoms with Gasteiger partial charge < -0.3 is 8.98 Å². The van der Waals surface area contributed by atoms with E-state index in [9.17, 15) is 5.26 Å². The van der Waals surface area contributed by atoms with Crippen molar-refractivity contribution in [3.63, 3.8) is 0 Å². The Bertz CT molecular complexity index is 3310. The third kappa shape index (κ3) is 4.60. The van der Waals surface area contributed by atoms with E-state index >= 15 is 0 Å². The Morgan fingerprint density at radius 1 is 0.509 bits per heavy atom. The highest BCUT2D eigenvalue weighted by molar-refractivity contribution is 7.26. The Morgan fingerprint density at radius 3 is 2.08 bits per heavy atom. The lowest BCUT2D eigenvalue weighted by molar-refractivity contribution is 0.669. The lowest BCUT2D eigenvalue weighted by Gasteiger charge is -2.10. The van der Waals surface area contributed by atoms with Crippen LogP contribution in [0.15, 0.2) is 156 Å². The molecule has 0 aliphatic heterocycles. The lowest BCUT2D eigenvalue weighted by atomic mass is 10.1. The minimum atomic E-state index is 0.604. The van der Waals surface area contributed by atoms with E-state index in [2.05, 4.69) is 108 Å². The number of aromatic nitrogens is 4. The van der Waals surface area contributed by atoms with Crippen molar-refractivity contribution in [2.24, 2.45) is 0 Å². The lowest BCUT2D eigenvalue weighted by Crippen LogP contribution is -2.00. The van der Waals surface area contributed by atoms with Crippen molar-refractivity contribution in [2.75, 3.05) is 0 Å². The average molecular weight is 696 g/mol. The van der Waals surface area contributed by atoms with Gasteiger partial charge in [0.25, 0.3) is 0 Å². The minimum Gasteiger partial charge on any atom is -0.456 e. The largest absolute Gasteiger partial charge is 0.456 e. The summed E-state index contributed by atoms with van der Waals surface area (Å²) in [7, 11) is 0. The molecule has 4 aromatic heterocycles. The fourth-order valence-corrected chi connectivity index (χ4v) is 8.84. The van der Waals surface area contributed by atoms with E-state index in [1.807, 2.05) is 48.5 Å². The van der Waals surface area contributed by atoms with E-state index in [0.29, 0.717) is 23.0 Å². The molecule has 0 N–H and O–H groups in total. The number of fused-ring (bicyclic) bond motifs is 9. The highest BCUT2D eigenvalue weighted by Gasteiger charge is 2.19. The molecule has 0 aliphatic carbocycles. The molecule has 0 saturated carbocycles. The summed E-state index contributed by atoms with van der Waals surface area (Å²) in [6.07, 6.45) is 0. The molecule has 7 heteroatoms. The predicted molar refractivity (Wildman–Crippen MR) is 215 cm³/mol. The van der Waals surface area contributed by atoms with Gasteiger partial charge in [-0.2, -0.15) is 5.26 Å². The number of thiophene rings is 1. The van der Waals surface area contributed by atoms with Crippen LogP contribution in [0.4, 0.5) is 0 Å². The van der Waals surface area contributed by atoms with E-state index in [1.54, 1.807) is 17.4 Å². The summed E-state index contributed by atoms with van der Waals surface area (Å²) in [5.41, 5.74) is 8.14. The van der Waals surface area contributed by atoms with Crippen LogP contribution in [0.5, 0.6) is 0 Å². The number of rotatable bonds is 4. The molecule has 0 radical (unpaired) electrons. The highest BCUT2D eigenvalue weighted by Crippen LogP contribution is 2.41. The van der Waals surface area contributed by atoms with Gasteiger partial charge in [-0.05, 0) is 72.8 Å². The molecule has 0 unspecified atom stereocenters. The van der Waals surface area contributed by atoms with Gasteiger partial charge in [0.2, 0.25) is 0 Å². The second-order valence-electron chi connectivity index (χ2n) is 13.1. The SMILES string of the molecule is N#Cc1ccc2oc3ccc(-n4c5ccccc5c5cc(-c6nc(-c7ccccc7)nc(-c7cccc8c7sc7ccccc78)n6)ccc54)cc3c2c1. The van der Waals surface area contributed by atoms with Crippen LogP contribution in [-0.2, 0) is 0 Å². The first kappa shape index (κ1) is 29.6. The molecule has 0 atom stereocenters. The monoisotopic (exact) mass is 695 g/mol. The standard InChI is InChI=1S/C46H25N5OS/c47-26-27-17-21-40-36(23-27)37-25-30(19-22-41(37)52-40)51-38-15-6-4-11-31(38)35-24-29(18-20-39(35)51)45-48-44(28-9-2-1-3-10-28)49-46(50-45)34-14-8-13-33-32-12-5-7-16-42(32)53-43(33)34/h1-25H. The van der Waals surface area contributed by atoms with Crippen molar-refractivity contribution in [1.29, 1.82) is 5.26 Å². The Hall–Kier alpha value is -7.14. The van der Waals surface area contributed by atoms with Crippen molar-refractivity contribution >= 4 is 75.3 Å². The van der Waals surface area contributed by atoms with Crippen molar-refractivity contribution in [2.45, 2.75) is 0 Å². The summed E-state index contributed by atoms with van der Waals surface area (Å²) in [5, 5.41) is 16.1. The van der Waals surface area contributed by atoms with Gasteiger partial charge in [0.15, 0.2) is 17.5 Å². The number of hydrogen-bond donors (Lipinski definition) is 0. The fraction of sp³-hybridized carbons (Fsp3) is 0. The van der Waals surface area contributed by atoms with Crippen molar-refractivity contribution < 1.29 is 4.42 Å². The highest BCUT2D eigenvalue weighted by atomic mass is 32.1. The van der Waals surface area contributed by atoms with Crippen molar-refractivity contribution in [1.82, 2.24) is 19.5 Å². The van der Waals surface area contributed by atoms with Gasteiger partial charge >= 0.3 is 0 Å². The van der Waals surface area contributed by atoms with Crippen molar-refractivity contribution in [3.8, 4) is 45.9 Å². The van der Waals surface area contributed by atoms with Gasteiger partial charge in [0.1, 0.15) is 11.2 Å². The van der Waals surface area contributed by atoms with Gasteiger partial charge in [0, 0.05) is 64.1 Å². The molecule has 0 spiro atoms. The Morgan fingerprint density at radius 2 is 1.21 bits per heavy atom. The molecule has 11 aromatic rings. The molecule has 7 aromatic carbocycles. The maximum atomic E-state index is 9.57. The summed E-state index contributed by atoms with van der Waals surface area (Å²) < 4.78 is 10.8. The van der Waals surface area contributed by atoms with Crippen molar-refractivity contribution in [3.05, 3.63) is 157 Å². The van der Waals surface area contributed by atoms with Crippen LogP contribution in [0.25, 0.3) is 104 Å². The first-order valence-corrected chi connectivity index (χ1v) is 18.1. The second kappa shape index (κ2) is 11.4. The number of nitrogens with zero attached hydrogens (tertiary/aromatic N) is 5. The summed E-state index contributed by atoms with van der Waals surface area (Å²) in [4.78, 5) is 15.4. The van der Waals surface area contributed by atoms with E-state index in [1.165, 1.54) is 15.5 Å². The van der Waals surface area contributed by atoms with Gasteiger partial charge in [0.05, 0.1) is 22.7 Å². The molecular weight excluding hydrogens is 671 g/mol. The number of nitriles is 1. The third-order valence-electron chi connectivity index (χ3n) is 10.1. The van der Waals surface area contributed by atoms with Crippen LogP contribution >= 0.6 is 11.3 Å². The normalized spacial score (nSPS) is 11.8. The molecule has 6 nitrogen and oxygen atoms in total. The second-order valence-corrected chi connectivity index (χ2v) is 14.2. The smallest absolute Gasteiger partial charge is 0.165 e. The van der Waals surface area contributed by atoms with Gasteiger partial charge in [-0.3, -0.25) is 0 Å². The molecule has 0 saturated heterocycles. The zero-order valence-corrected chi connectivity index (χ0v) is 28.8. The number of hydrogen-bond acceptors (Lipinski definition) is 6. The zero-order valence-electron chi connectivity index (χ0n) is 28.0. The molecule has 11 rings (SSSR count). The van der Waals surface area contributed by atoms with Crippen LogP contribution in [-0.4, -0.2) is 19.5 Å². The van der Waals surface area contributed by atoms with Gasteiger partial charge in [-0.15, -0.1) is 11.3 Å². The number of benzene rings is 7. The molecule has 0 bridgehead atoms. The van der Waals surface area contributed by atoms with E-state index in [-0.39, 0.29) is 0 Å². The molecule has 4 heterocycles. The summed E-state index contributed by atoms with van der Waals surface area (Å²) in [6, 6.07) is 54.0. The number of furan rings is 1. The summed E-state index contributed by atoms with van der Waals surface area (Å²) in [5.74, 6) is 1.89. The molecule has 0 amide bonds. The Balaban J connectivity index is 1.12. The Labute approximate surface area is 306 Å². The number of para-hydroxylation sites is 1. The molecule has 53 heavy (non-hydrogen) atoms. The molecular formula is C46H25N5OS. The third-order valence-corrected chi connectivity index (χ3v) is 11.3. The van der Waals surface area contributed by atoms with Crippen LogP contribution in [0.2, 0.25) is 0 Å². The van der Waals surface area contributed by atoms with Crippen LogP contribution in [0.3, 0.4) is 0 Å². The predicted octanol–water partition coefficient (Wildman–Crippen LogP) is 12.1. The van der Waals surface area contributed by atoms with E-state index in [4.69, 9.17) is 19.4 Å². The quantitative estimate of drug-likeness (QED) is 0.183. The maximum absolute atomic E-state index is 9.57. The minimum absolute atomic E-state index is 0.604. The average Bonchev–Trinajstić information content (AvgIpc) is 3.89. The fourth-order valence-electron chi connectivity index (χ4n) is 7.63. The Kier molecular flexibility index (Phi) is 6.38. The van der Waals surface area contributed by atoms with Gasteiger partial charge in [-0.1, -0.05) is 78.9 Å². The van der Waals surface area contributed by atoms with E-state index < -0.39 is 0 Å². The summed E-state index contributed by atoms with van der Waals surface area (Å²) >= 11 is 1.77. The molecule has 246 valence electrons. The van der Waals surface area contributed by atoms with Gasteiger partial charge in [-0.25, -0.2) is 15.0 Å².